The van der Waals surface area contributed by atoms with Gasteiger partial charge in [-0.3, -0.25) is 0 Å². The molecule has 1 heterocycles. The topological polar surface area (TPSA) is 32.3 Å². The molecular weight excluding hydrogens is 193 g/mol. The molecule has 0 saturated carbocycles. The number of piperidine rings is 1. The van der Waals surface area contributed by atoms with Crippen molar-refractivity contribution in [1.29, 1.82) is 0 Å². The molecule has 1 aliphatic rings. The highest BCUT2D eigenvalue weighted by Crippen LogP contribution is 2.26. The first-order valence-electron chi connectivity index (χ1n) is 5.23. The summed E-state index contributed by atoms with van der Waals surface area (Å²) in [6, 6.07) is 6.53. The molecule has 0 spiro atoms. The Morgan fingerprint density at radius 1 is 1.27 bits per heavy atom. The van der Waals surface area contributed by atoms with Crippen LogP contribution in [0.15, 0.2) is 24.3 Å². The summed E-state index contributed by atoms with van der Waals surface area (Å²) in [5, 5.41) is 13.4. The molecule has 0 atom stereocenters. The molecule has 1 fully saturated rings. The van der Waals surface area contributed by atoms with Crippen molar-refractivity contribution in [3.8, 4) is 0 Å². The van der Waals surface area contributed by atoms with Crippen LogP contribution < -0.4 is 5.32 Å². The van der Waals surface area contributed by atoms with Gasteiger partial charge in [-0.05, 0) is 37.6 Å². The fourth-order valence-corrected chi connectivity index (χ4v) is 1.89. The Labute approximate surface area is 89.1 Å². The van der Waals surface area contributed by atoms with Crippen molar-refractivity contribution in [3.63, 3.8) is 0 Å². The Balaban J connectivity index is 2.10. The Kier molecular flexibility index (Phi) is 3.03. The van der Waals surface area contributed by atoms with E-state index in [1.807, 2.05) is 0 Å². The van der Waals surface area contributed by atoms with Gasteiger partial charge < -0.3 is 10.4 Å². The van der Waals surface area contributed by atoms with Gasteiger partial charge >= 0.3 is 0 Å². The highest BCUT2D eigenvalue weighted by Gasteiger charge is 2.30. The van der Waals surface area contributed by atoms with Gasteiger partial charge in [0.05, 0.1) is 5.60 Å². The second-order valence-electron chi connectivity index (χ2n) is 4.02. The van der Waals surface area contributed by atoms with Gasteiger partial charge in [-0.2, -0.15) is 0 Å². The zero-order valence-electron chi connectivity index (χ0n) is 8.54. The second kappa shape index (κ2) is 4.29. The van der Waals surface area contributed by atoms with E-state index in [1.165, 1.54) is 6.07 Å². The molecular formula is C12H15FNO. The van der Waals surface area contributed by atoms with Gasteiger partial charge in [-0.25, -0.2) is 4.39 Å². The first-order chi connectivity index (χ1) is 7.20. The SMILES string of the molecule is OC1([CH]c2ccccc2F)CCNCC1. The number of hydrogen-bond donors (Lipinski definition) is 2. The maximum absolute atomic E-state index is 13.4. The van der Waals surface area contributed by atoms with Crippen LogP contribution in [0.5, 0.6) is 0 Å². The molecule has 0 aliphatic carbocycles. The molecule has 0 unspecified atom stereocenters. The van der Waals surface area contributed by atoms with E-state index in [0.717, 1.165) is 13.1 Å². The molecule has 15 heavy (non-hydrogen) atoms. The molecule has 1 saturated heterocycles. The van der Waals surface area contributed by atoms with Crippen molar-refractivity contribution >= 4 is 0 Å². The Bertz CT molecular complexity index is 334. The van der Waals surface area contributed by atoms with Gasteiger partial charge in [0, 0.05) is 6.42 Å². The zero-order valence-corrected chi connectivity index (χ0v) is 8.54. The third-order valence-corrected chi connectivity index (χ3v) is 2.80. The molecule has 1 aromatic rings. The summed E-state index contributed by atoms with van der Waals surface area (Å²) in [4.78, 5) is 0. The van der Waals surface area contributed by atoms with Crippen molar-refractivity contribution in [2.24, 2.45) is 0 Å². The smallest absolute Gasteiger partial charge is 0.126 e. The Hall–Kier alpha value is -0.930. The van der Waals surface area contributed by atoms with E-state index in [1.54, 1.807) is 24.6 Å². The maximum Gasteiger partial charge on any atom is 0.126 e. The second-order valence-corrected chi connectivity index (χ2v) is 4.02. The minimum absolute atomic E-state index is 0.274. The van der Waals surface area contributed by atoms with E-state index in [2.05, 4.69) is 5.32 Å². The van der Waals surface area contributed by atoms with Crippen LogP contribution >= 0.6 is 0 Å². The lowest BCUT2D eigenvalue weighted by molar-refractivity contribution is 0.0448. The third kappa shape index (κ3) is 2.55. The van der Waals surface area contributed by atoms with Crippen molar-refractivity contribution in [2.45, 2.75) is 18.4 Å². The number of hydrogen-bond acceptors (Lipinski definition) is 2. The Morgan fingerprint density at radius 2 is 1.93 bits per heavy atom. The van der Waals surface area contributed by atoms with Crippen LogP contribution in [0.3, 0.4) is 0 Å². The molecule has 2 nitrogen and oxygen atoms in total. The third-order valence-electron chi connectivity index (χ3n) is 2.80. The van der Waals surface area contributed by atoms with E-state index < -0.39 is 5.60 Å². The van der Waals surface area contributed by atoms with E-state index in [9.17, 15) is 9.50 Å². The minimum atomic E-state index is -0.854. The predicted molar refractivity (Wildman–Crippen MR) is 56.9 cm³/mol. The highest BCUT2D eigenvalue weighted by atomic mass is 19.1. The van der Waals surface area contributed by atoms with Gasteiger partial charge in [0.25, 0.3) is 0 Å². The highest BCUT2D eigenvalue weighted by molar-refractivity contribution is 5.28. The van der Waals surface area contributed by atoms with Crippen molar-refractivity contribution < 1.29 is 9.50 Å². The standard InChI is InChI=1S/C12H15FNO/c13-11-4-2-1-3-10(11)9-12(15)5-7-14-8-6-12/h1-4,9,14-15H,5-8H2. The zero-order chi connectivity index (χ0) is 10.7. The van der Waals surface area contributed by atoms with Crippen molar-refractivity contribution in [2.75, 3.05) is 13.1 Å². The van der Waals surface area contributed by atoms with Gasteiger partial charge in [0.2, 0.25) is 0 Å². The largest absolute Gasteiger partial charge is 0.389 e. The minimum Gasteiger partial charge on any atom is -0.389 e. The summed E-state index contributed by atoms with van der Waals surface area (Å²) in [5.74, 6) is -0.274. The summed E-state index contributed by atoms with van der Waals surface area (Å²) < 4.78 is 13.4. The monoisotopic (exact) mass is 208 g/mol. The fraction of sp³-hybridized carbons (Fsp3) is 0.417. The molecule has 81 valence electrons. The van der Waals surface area contributed by atoms with Crippen LogP contribution in [0.2, 0.25) is 0 Å². The maximum atomic E-state index is 13.4. The summed E-state index contributed by atoms with van der Waals surface area (Å²) in [5.41, 5.74) is -0.366. The molecule has 0 aromatic heterocycles. The van der Waals surface area contributed by atoms with Crippen LogP contribution in [-0.2, 0) is 0 Å². The molecule has 1 radical (unpaired) electrons. The van der Waals surface area contributed by atoms with E-state index >= 15 is 0 Å². The average molecular weight is 208 g/mol. The molecule has 0 amide bonds. The van der Waals surface area contributed by atoms with E-state index in [4.69, 9.17) is 0 Å². The number of aliphatic hydroxyl groups is 1. The first-order valence-corrected chi connectivity index (χ1v) is 5.23. The van der Waals surface area contributed by atoms with E-state index in [0.29, 0.717) is 18.4 Å². The molecule has 1 aromatic carbocycles. The quantitative estimate of drug-likeness (QED) is 0.771. The van der Waals surface area contributed by atoms with Gasteiger partial charge in [-0.15, -0.1) is 0 Å². The summed E-state index contributed by atoms with van der Waals surface area (Å²) >= 11 is 0. The van der Waals surface area contributed by atoms with Crippen LogP contribution in [-0.4, -0.2) is 23.8 Å². The average Bonchev–Trinajstić information content (AvgIpc) is 2.22. The Morgan fingerprint density at radius 3 is 2.60 bits per heavy atom. The van der Waals surface area contributed by atoms with Gasteiger partial charge in [-0.1, -0.05) is 18.2 Å². The lowest BCUT2D eigenvalue weighted by Crippen LogP contribution is -2.42. The van der Waals surface area contributed by atoms with Crippen LogP contribution in [0.4, 0.5) is 4.39 Å². The molecule has 0 bridgehead atoms. The summed E-state index contributed by atoms with van der Waals surface area (Å²) in [7, 11) is 0. The lowest BCUT2D eigenvalue weighted by Gasteiger charge is -2.32. The fourth-order valence-electron chi connectivity index (χ4n) is 1.89. The molecule has 2 N–H and O–H groups in total. The molecule has 1 aliphatic heterocycles. The number of benzene rings is 1. The number of halogens is 1. The van der Waals surface area contributed by atoms with Crippen LogP contribution in [0.25, 0.3) is 0 Å². The first kappa shape index (κ1) is 10.6. The van der Waals surface area contributed by atoms with E-state index in [-0.39, 0.29) is 5.82 Å². The van der Waals surface area contributed by atoms with Gasteiger partial charge in [0.1, 0.15) is 5.82 Å². The predicted octanol–water partition coefficient (Wildman–Crippen LogP) is 1.49. The molecule has 2 rings (SSSR count). The summed E-state index contributed by atoms with van der Waals surface area (Å²) in [6.45, 7) is 1.56. The van der Waals surface area contributed by atoms with Crippen molar-refractivity contribution in [1.82, 2.24) is 5.32 Å². The number of rotatable bonds is 2. The van der Waals surface area contributed by atoms with Crippen molar-refractivity contribution in [3.05, 3.63) is 42.1 Å². The lowest BCUT2D eigenvalue weighted by atomic mass is 9.86. The van der Waals surface area contributed by atoms with Gasteiger partial charge in [0.15, 0.2) is 0 Å². The molecule has 3 heteroatoms. The summed E-state index contributed by atoms with van der Waals surface area (Å²) in [6.07, 6.45) is 2.92. The number of nitrogens with one attached hydrogen (secondary N) is 1. The normalized spacial score (nSPS) is 20.1. The van der Waals surface area contributed by atoms with Crippen LogP contribution in [0, 0.1) is 12.2 Å². The van der Waals surface area contributed by atoms with Crippen LogP contribution in [0.1, 0.15) is 18.4 Å².